The lowest BCUT2D eigenvalue weighted by molar-refractivity contribution is 0.702. The molecule has 4 N–H and O–H groups in total. The fourth-order valence-corrected chi connectivity index (χ4v) is 1.59. The van der Waals surface area contributed by atoms with Crippen LogP contribution in [-0.2, 0) is 6.42 Å². The third kappa shape index (κ3) is 4.87. The molecule has 0 amide bonds. The highest BCUT2D eigenvalue weighted by Gasteiger charge is 1.99. The second-order valence-electron chi connectivity index (χ2n) is 4.35. The molecule has 0 saturated heterocycles. The largest absolute Gasteiger partial charge is 0.353 e. The van der Waals surface area contributed by atoms with E-state index in [4.69, 9.17) is 5.84 Å². The van der Waals surface area contributed by atoms with Crippen LogP contribution in [0.3, 0.4) is 0 Å². The van der Waals surface area contributed by atoms with Crippen LogP contribution in [0.1, 0.15) is 25.0 Å². The second kappa shape index (κ2) is 6.91. The molecule has 0 aliphatic heterocycles. The van der Waals surface area contributed by atoms with Crippen LogP contribution in [0.4, 0.5) is 0 Å². The fourth-order valence-electron chi connectivity index (χ4n) is 1.59. The van der Waals surface area contributed by atoms with E-state index in [-0.39, 0.29) is 0 Å². The summed E-state index contributed by atoms with van der Waals surface area (Å²) in [5.74, 6) is 6.03. The molecule has 1 aromatic carbocycles. The van der Waals surface area contributed by atoms with Crippen LogP contribution in [0.25, 0.3) is 0 Å². The number of aliphatic imine (C=N–C) groups is 1. The Morgan fingerprint density at radius 2 is 2.06 bits per heavy atom. The van der Waals surface area contributed by atoms with Gasteiger partial charge in [0.2, 0.25) is 5.96 Å². The summed E-state index contributed by atoms with van der Waals surface area (Å²) in [6.07, 6.45) is 0.928. The van der Waals surface area contributed by atoms with Crippen molar-refractivity contribution in [2.75, 3.05) is 6.54 Å². The summed E-state index contributed by atoms with van der Waals surface area (Å²) in [6.45, 7) is 6.94. The number of benzene rings is 1. The van der Waals surface area contributed by atoms with E-state index < -0.39 is 0 Å². The minimum Gasteiger partial charge on any atom is -0.353 e. The molecule has 1 aromatic rings. The molecule has 0 atom stereocenters. The van der Waals surface area contributed by atoms with Crippen LogP contribution in [0.5, 0.6) is 0 Å². The Morgan fingerprint density at radius 3 is 2.65 bits per heavy atom. The molecule has 0 saturated carbocycles. The summed E-state index contributed by atoms with van der Waals surface area (Å²) in [6, 6.07) is 8.68. The summed E-state index contributed by atoms with van der Waals surface area (Å²) < 4.78 is 0. The van der Waals surface area contributed by atoms with E-state index in [2.05, 4.69) is 46.9 Å². The van der Waals surface area contributed by atoms with Crippen LogP contribution < -0.4 is 16.6 Å². The Hall–Kier alpha value is -1.55. The summed E-state index contributed by atoms with van der Waals surface area (Å²) in [4.78, 5) is 4.39. The first-order chi connectivity index (χ1) is 8.13. The maximum absolute atomic E-state index is 5.39. The van der Waals surface area contributed by atoms with Gasteiger partial charge in [0.1, 0.15) is 0 Å². The van der Waals surface area contributed by atoms with Gasteiger partial charge in [-0.05, 0) is 38.3 Å². The van der Waals surface area contributed by atoms with E-state index in [1.54, 1.807) is 0 Å². The van der Waals surface area contributed by atoms with Crippen molar-refractivity contribution in [3.63, 3.8) is 0 Å². The predicted octanol–water partition coefficient (Wildman–Crippen LogP) is 1.35. The van der Waals surface area contributed by atoms with Crippen molar-refractivity contribution in [1.29, 1.82) is 0 Å². The molecule has 0 bridgehead atoms. The molecule has 0 radical (unpaired) electrons. The zero-order chi connectivity index (χ0) is 12.7. The number of nitrogens with zero attached hydrogens (tertiary/aromatic N) is 1. The van der Waals surface area contributed by atoms with Gasteiger partial charge in [0.05, 0.1) is 0 Å². The lowest BCUT2D eigenvalue weighted by Crippen LogP contribution is -2.44. The number of rotatable bonds is 4. The molecule has 0 aliphatic carbocycles. The number of hydrogen-bond acceptors (Lipinski definition) is 2. The molecule has 4 nitrogen and oxygen atoms in total. The van der Waals surface area contributed by atoms with Gasteiger partial charge in [-0.2, -0.15) is 0 Å². The van der Waals surface area contributed by atoms with Crippen molar-refractivity contribution in [2.45, 2.75) is 33.2 Å². The monoisotopic (exact) mass is 234 g/mol. The number of hydrazine groups is 1. The molecule has 0 unspecified atom stereocenters. The Labute approximate surface area is 103 Å². The van der Waals surface area contributed by atoms with Gasteiger partial charge in [-0.3, -0.25) is 10.4 Å². The summed E-state index contributed by atoms with van der Waals surface area (Å²) >= 11 is 0. The summed E-state index contributed by atoms with van der Waals surface area (Å²) in [5, 5.41) is 3.14. The minimum absolute atomic E-state index is 0.322. The highest BCUT2D eigenvalue weighted by atomic mass is 15.3. The molecule has 1 rings (SSSR count). The number of nitrogens with two attached hydrogens (primary N) is 1. The van der Waals surface area contributed by atoms with E-state index in [9.17, 15) is 0 Å². The highest BCUT2D eigenvalue weighted by Crippen LogP contribution is 2.07. The Balaban J connectivity index is 2.50. The average molecular weight is 234 g/mol. The molecule has 17 heavy (non-hydrogen) atoms. The number of nitrogens with one attached hydrogen (secondary N) is 2. The van der Waals surface area contributed by atoms with E-state index in [0.717, 1.165) is 13.0 Å². The molecule has 0 heterocycles. The Kier molecular flexibility index (Phi) is 5.49. The first kappa shape index (κ1) is 13.5. The van der Waals surface area contributed by atoms with Crippen molar-refractivity contribution < 1.29 is 0 Å². The molecule has 0 aromatic heterocycles. The van der Waals surface area contributed by atoms with Gasteiger partial charge in [-0.25, -0.2) is 5.84 Å². The SMILES string of the molecule is Cc1ccccc1CCN=C(NN)NC(C)C. The third-order valence-electron chi connectivity index (χ3n) is 2.47. The molecule has 4 heteroatoms. The van der Waals surface area contributed by atoms with Crippen molar-refractivity contribution >= 4 is 5.96 Å². The smallest absolute Gasteiger partial charge is 0.205 e. The van der Waals surface area contributed by atoms with Gasteiger partial charge >= 0.3 is 0 Å². The molecule has 0 aliphatic rings. The van der Waals surface area contributed by atoms with Gasteiger partial charge in [-0.1, -0.05) is 24.3 Å². The standard InChI is InChI=1S/C13H22N4/c1-10(2)16-13(17-14)15-9-8-12-7-5-4-6-11(12)3/h4-7,10H,8-9,14H2,1-3H3,(H2,15,16,17). The predicted molar refractivity (Wildman–Crippen MR) is 72.8 cm³/mol. The van der Waals surface area contributed by atoms with Crippen LogP contribution in [-0.4, -0.2) is 18.5 Å². The molecular weight excluding hydrogens is 212 g/mol. The molecule has 0 fully saturated rings. The number of hydrogen-bond donors (Lipinski definition) is 3. The summed E-state index contributed by atoms with van der Waals surface area (Å²) in [5.41, 5.74) is 5.21. The van der Waals surface area contributed by atoms with Crippen molar-refractivity contribution in [3.05, 3.63) is 35.4 Å². The quantitative estimate of drug-likeness (QED) is 0.319. The Morgan fingerprint density at radius 1 is 1.35 bits per heavy atom. The maximum atomic E-state index is 5.39. The first-order valence-corrected chi connectivity index (χ1v) is 5.95. The van der Waals surface area contributed by atoms with Crippen LogP contribution in [0.2, 0.25) is 0 Å². The van der Waals surface area contributed by atoms with E-state index in [0.29, 0.717) is 12.0 Å². The topological polar surface area (TPSA) is 62.4 Å². The minimum atomic E-state index is 0.322. The van der Waals surface area contributed by atoms with Crippen LogP contribution >= 0.6 is 0 Å². The van der Waals surface area contributed by atoms with Crippen LogP contribution in [0, 0.1) is 6.92 Å². The van der Waals surface area contributed by atoms with Crippen molar-refractivity contribution in [2.24, 2.45) is 10.8 Å². The van der Waals surface area contributed by atoms with Crippen molar-refractivity contribution in [3.8, 4) is 0 Å². The lowest BCUT2D eigenvalue weighted by atomic mass is 10.1. The van der Waals surface area contributed by atoms with Gasteiger partial charge < -0.3 is 5.32 Å². The molecular formula is C13H22N4. The molecule has 94 valence electrons. The van der Waals surface area contributed by atoms with Crippen molar-refractivity contribution in [1.82, 2.24) is 10.7 Å². The molecule has 0 spiro atoms. The van der Waals surface area contributed by atoms with E-state index in [1.807, 2.05) is 13.8 Å². The fraction of sp³-hybridized carbons (Fsp3) is 0.462. The van der Waals surface area contributed by atoms with Gasteiger partial charge in [-0.15, -0.1) is 0 Å². The van der Waals surface area contributed by atoms with Gasteiger partial charge in [0, 0.05) is 12.6 Å². The van der Waals surface area contributed by atoms with E-state index in [1.165, 1.54) is 11.1 Å². The van der Waals surface area contributed by atoms with Crippen LogP contribution in [0.15, 0.2) is 29.3 Å². The second-order valence-corrected chi connectivity index (χ2v) is 4.35. The number of guanidine groups is 1. The number of aryl methyl sites for hydroxylation is 1. The first-order valence-electron chi connectivity index (χ1n) is 5.95. The third-order valence-corrected chi connectivity index (χ3v) is 2.47. The zero-order valence-corrected chi connectivity index (χ0v) is 10.8. The highest BCUT2D eigenvalue weighted by molar-refractivity contribution is 5.79. The maximum Gasteiger partial charge on any atom is 0.205 e. The van der Waals surface area contributed by atoms with Gasteiger partial charge in [0.25, 0.3) is 0 Å². The average Bonchev–Trinajstić information content (AvgIpc) is 2.29. The lowest BCUT2D eigenvalue weighted by Gasteiger charge is -2.12. The zero-order valence-electron chi connectivity index (χ0n) is 10.8. The normalized spacial score (nSPS) is 11.7. The van der Waals surface area contributed by atoms with Gasteiger partial charge in [0.15, 0.2) is 0 Å². The Bertz CT molecular complexity index is 371. The summed E-state index contributed by atoms with van der Waals surface area (Å²) in [7, 11) is 0. The van der Waals surface area contributed by atoms with E-state index >= 15 is 0 Å².